The maximum Gasteiger partial charge on any atom is 0.159 e. The molecule has 1 fully saturated rings. The number of rotatable bonds is 5. The van der Waals surface area contributed by atoms with E-state index in [1.807, 2.05) is 18.3 Å². The first-order valence-electron chi connectivity index (χ1n) is 6.42. The molecule has 0 unspecified atom stereocenters. The summed E-state index contributed by atoms with van der Waals surface area (Å²) in [5, 5.41) is 3.53. The van der Waals surface area contributed by atoms with E-state index in [-0.39, 0.29) is 0 Å². The Morgan fingerprint density at radius 3 is 3.12 bits per heavy atom. The van der Waals surface area contributed by atoms with Gasteiger partial charge in [-0.25, -0.2) is 9.97 Å². The monoisotopic (exact) mass is 230 g/mol. The minimum Gasteiger partial charge on any atom is -0.314 e. The Morgan fingerprint density at radius 1 is 1.47 bits per heavy atom. The van der Waals surface area contributed by atoms with Gasteiger partial charge in [-0.05, 0) is 31.9 Å². The van der Waals surface area contributed by atoms with Crippen molar-refractivity contribution in [2.45, 2.75) is 38.8 Å². The van der Waals surface area contributed by atoms with Gasteiger partial charge in [-0.1, -0.05) is 0 Å². The van der Waals surface area contributed by atoms with Gasteiger partial charge in [0.15, 0.2) is 5.65 Å². The van der Waals surface area contributed by atoms with E-state index in [4.69, 9.17) is 0 Å². The number of hydrogen-bond donors (Lipinski definition) is 1. The van der Waals surface area contributed by atoms with Crippen LogP contribution in [0.2, 0.25) is 0 Å². The third-order valence-electron chi connectivity index (χ3n) is 3.26. The van der Waals surface area contributed by atoms with Gasteiger partial charge in [0.05, 0.1) is 0 Å². The summed E-state index contributed by atoms with van der Waals surface area (Å²) in [7, 11) is 0. The largest absolute Gasteiger partial charge is 0.314 e. The molecule has 2 heterocycles. The molecule has 0 spiro atoms. The Kier molecular flexibility index (Phi) is 2.81. The molecule has 0 radical (unpaired) electrons. The molecule has 1 aliphatic rings. The Balaban J connectivity index is 1.81. The van der Waals surface area contributed by atoms with Crippen molar-refractivity contribution in [3.8, 4) is 0 Å². The molecule has 2 aromatic heterocycles. The predicted molar refractivity (Wildman–Crippen MR) is 67.9 cm³/mol. The van der Waals surface area contributed by atoms with Crippen LogP contribution in [0.25, 0.3) is 11.2 Å². The zero-order chi connectivity index (χ0) is 11.7. The molecule has 1 aliphatic carbocycles. The summed E-state index contributed by atoms with van der Waals surface area (Å²) in [4.78, 5) is 9.07. The predicted octanol–water partition coefficient (Wildman–Crippen LogP) is 1.75. The van der Waals surface area contributed by atoms with Crippen LogP contribution in [0.3, 0.4) is 0 Å². The Bertz CT molecular complexity index is 513. The number of aryl methyl sites for hydroxylation is 1. The smallest absolute Gasteiger partial charge is 0.159 e. The van der Waals surface area contributed by atoms with Crippen molar-refractivity contribution in [2.75, 3.05) is 6.54 Å². The number of imidazole rings is 1. The summed E-state index contributed by atoms with van der Waals surface area (Å²) >= 11 is 0. The van der Waals surface area contributed by atoms with E-state index < -0.39 is 0 Å². The molecule has 0 aliphatic heterocycles. The van der Waals surface area contributed by atoms with E-state index in [9.17, 15) is 0 Å². The maximum atomic E-state index is 4.66. The lowest BCUT2D eigenvalue weighted by molar-refractivity contribution is 0.635. The van der Waals surface area contributed by atoms with Gasteiger partial charge in [0.1, 0.15) is 11.3 Å². The van der Waals surface area contributed by atoms with Crippen molar-refractivity contribution in [2.24, 2.45) is 0 Å². The second kappa shape index (κ2) is 4.45. The topological polar surface area (TPSA) is 42.7 Å². The van der Waals surface area contributed by atoms with Gasteiger partial charge in [0.25, 0.3) is 0 Å². The molecule has 0 bridgehead atoms. The van der Waals surface area contributed by atoms with E-state index in [0.29, 0.717) is 0 Å². The summed E-state index contributed by atoms with van der Waals surface area (Å²) < 4.78 is 2.21. The van der Waals surface area contributed by atoms with Gasteiger partial charge < -0.3 is 9.88 Å². The molecule has 1 saturated carbocycles. The first kappa shape index (κ1) is 10.7. The number of nitrogens with one attached hydrogen (secondary N) is 1. The second-order valence-electron chi connectivity index (χ2n) is 4.60. The van der Waals surface area contributed by atoms with Gasteiger partial charge in [0, 0.05) is 31.7 Å². The average Bonchev–Trinajstić information content (AvgIpc) is 3.09. The molecule has 0 saturated heterocycles. The highest BCUT2D eigenvalue weighted by Gasteiger charge is 2.20. The van der Waals surface area contributed by atoms with Gasteiger partial charge in [-0.3, -0.25) is 0 Å². The number of aromatic nitrogens is 3. The fourth-order valence-electron chi connectivity index (χ4n) is 2.20. The second-order valence-corrected chi connectivity index (χ2v) is 4.60. The SMILES string of the molecule is CCn1c(CCNC2CC2)nc2cccnc21. The fourth-order valence-corrected chi connectivity index (χ4v) is 2.20. The summed E-state index contributed by atoms with van der Waals surface area (Å²) in [5.74, 6) is 1.15. The van der Waals surface area contributed by atoms with Gasteiger partial charge in [-0.2, -0.15) is 0 Å². The van der Waals surface area contributed by atoms with Crippen molar-refractivity contribution in [3.63, 3.8) is 0 Å². The lowest BCUT2D eigenvalue weighted by atomic mass is 10.4. The van der Waals surface area contributed by atoms with Gasteiger partial charge >= 0.3 is 0 Å². The first-order valence-corrected chi connectivity index (χ1v) is 6.42. The molecular formula is C13H18N4. The standard InChI is InChI=1S/C13H18N4/c1-2-17-12(7-9-14-10-5-6-10)16-11-4-3-8-15-13(11)17/h3-4,8,10,14H,2,5-7,9H2,1H3. The molecule has 17 heavy (non-hydrogen) atoms. The van der Waals surface area contributed by atoms with Crippen LogP contribution in [0, 0.1) is 0 Å². The highest BCUT2D eigenvalue weighted by atomic mass is 15.1. The molecule has 0 amide bonds. The highest BCUT2D eigenvalue weighted by molar-refractivity contribution is 5.71. The Hall–Kier alpha value is -1.42. The van der Waals surface area contributed by atoms with Crippen LogP contribution in [0.15, 0.2) is 18.3 Å². The third-order valence-corrected chi connectivity index (χ3v) is 3.26. The Morgan fingerprint density at radius 2 is 2.35 bits per heavy atom. The zero-order valence-corrected chi connectivity index (χ0v) is 10.2. The minimum absolute atomic E-state index is 0.771. The van der Waals surface area contributed by atoms with Crippen LogP contribution >= 0.6 is 0 Å². The lowest BCUT2D eigenvalue weighted by Gasteiger charge is -2.05. The van der Waals surface area contributed by atoms with Gasteiger partial charge in [0.2, 0.25) is 0 Å². The third kappa shape index (κ3) is 2.17. The molecule has 4 nitrogen and oxygen atoms in total. The molecule has 4 heteroatoms. The van der Waals surface area contributed by atoms with Crippen LogP contribution in [0.1, 0.15) is 25.6 Å². The zero-order valence-electron chi connectivity index (χ0n) is 10.2. The Labute approximate surface area is 101 Å². The summed E-state index contributed by atoms with van der Waals surface area (Å²) in [6.07, 6.45) is 5.50. The van der Waals surface area contributed by atoms with Crippen molar-refractivity contribution in [3.05, 3.63) is 24.2 Å². The summed E-state index contributed by atoms with van der Waals surface area (Å²) in [6, 6.07) is 4.75. The first-order chi connectivity index (χ1) is 8.38. The quantitative estimate of drug-likeness (QED) is 0.851. The number of nitrogens with zero attached hydrogens (tertiary/aromatic N) is 3. The highest BCUT2D eigenvalue weighted by Crippen LogP contribution is 2.19. The normalized spacial score (nSPS) is 15.6. The van der Waals surface area contributed by atoms with E-state index in [2.05, 4.69) is 26.8 Å². The molecule has 1 N–H and O–H groups in total. The van der Waals surface area contributed by atoms with Crippen LogP contribution in [0.5, 0.6) is 0 Å². The fraction of sp³-hybridized carbons (Fsp3) is 0.538. The molecule has 90 valence electrons. The van der Waals surface area contributed by atoms with E-state index in [1.165, 1.54) is 12.8 Å². The number of fused-ring (bicyclic) bond motifs is 1. The van der Waals surface area contributed by atoms with Crippen LogP contribution < -0.4 is 5.32 Å². The van der Waals surface area contributed by atoms with Crippen molar-refractivity contribution >= 4 is 11.2 Å². The average molecular weight is 230 g/mol. The lowest BCUT2D eigenvalue weighted by Crippen LogP contribution is -2.20. The molecule has 0 atom stereocenters. The number of hydrogen-bond acceptors (Lipinski definition) is 3. The molecule has 3 rings (SSSR count). The summed E-state index contributed by atoms with van der Waals surface area (Å²) in [5.41, 5.74) is 2.02. The minimum atomic E-state index is 0.771. The van der Waals surface area contributed by atoms with Crippen molar-refractivity contribution in [1.29, 1.82) is 0 Å². The van der Waals surface area contributed by atoms with Crippen LogP contribution in [-0.2, 0) is 13.0 Å². The molecule has 0 aromatic carbocycles. The van der Waals surface area contributed by atoms with Crippen LogP contribution in [-0.4, -0.2) is 27.1 Å². The van der Waals surface area contributed by atoms with E-state index in [1.54, 1.807) is 0 Å². The number of pyridine rings is 1. The van der Waals surface area contributed by atoms with Crippen LogP contribution in [0.4, 0.5) is 0 Å². The van der Waals surface area contributed by atoms with Crippen molar-refractivity contribution in [1.82, 2.24) is 19.9 Å². The molecular weight excluding hydrogens is 212 g/mol. The van der Waals surface area contributed by atoms with E-state index in [0.717, 1.165) is 42.5 Å². The summed E-state index contributed by atoms with van der Waals surface area (Å²) in [6.45, 7) is 4.11. The maximum absolute atomic E-state index is 4.66. The van der Waals surface area contributed by atoms with Gasteiger partial charge in [-0.15, -0.1) is 0 Å². The van der Waals surface area contributed by atoms with Crippen molar-refractivity contribution < 1.29 is 0 Å². The molecule has 2 aromatic rings. The van der Waals surface area contributed by atoms with E-state index >= 15 is 0 Å².